The van der Waals surface area contributed by atoms with Crippen LogP contribution in [0.3, 0.4) is 0 Å². The molecule has 3 aromatic rings. The van der Waals surface area contributed by atoms with Crippen LogP contribution in [0.15, 0.2) is 72.8 Å². The second-order valence-corrected chi connectivity index (χ2v) is 8.58. The fraction of sp³-hybridized carbons (Fsp3) is 0.174. The lowest BCUT2D eigenvalue weighted by molar-refractivity contribution is 0.100. The van der Waals surface area contributed by atoms with Crippen molar-refractivity contribution in [3.05, 3.63) is 84.2 Å². The number of nitrogens with zero attached hydrogens (tertiary/aromatic N) is 1. The lowest BCUT2D eigenvalue weighted by Crippen LogP contribution is -2.38. The fourth-order valence-corrected chi connectivity index (χ4v) is 4.46. The van der Waals surface area contributed by atoms with Gasteiger partial charge in [-0.1, -0.05) is 31.2 Å². The van der Waals surface area contributed by atoms with Crippen LogP contribution in [0.5, 0.6) is 17.2 Å². The van der Waals surface area contributed by atoms with E-state index in [1.165, 1.54) is 31.4 Å². The van der Waals surface area contributed by atoms with Gasteiger partial charge < -0.3 is 9.47 Å². The standard InChI is InChI=1S/C23H22FNO5S/c1-3-14-31(27,28)25(18-12-13-22(29-2)21(24)16-18)23(26)17-8-7-11-20(15-17)30-19-9-5-4-6-10-19/h4-13,15-16H,3,14H2,1-2H3. The maximum absolute atomic E-state index is 14.3. The van der Waals surface area contributed by atoms with Crippen molar-refractivity contribution < 1.29 is 27.1 Å². The van der Waals surface area contributed by atoms with Crippen LogP contribution in [-0.2, 0) is 10.0 Å². The molecular formula is C23H22FNO5S. The Kier molecular flexibility index (Phi) is 6.91. The zero-order valence-corrected chi connectivity index (χ0v) is 17.9. The van der Waals surface area contributed by atoms with Gasteiger partial charge in [-0.2, -0.15) is 0 Å². The topological polar surface area (TPSA) is 72.9 Å². The molecule has 0 saturated heterocycles. The average Bonchev–Trinajstić information content (AvgIpc) is 2.74. The van der Waals surface area contributed by atoms with Crippen molar-refractivity contribution in [2.24, 2.45) is 0 Å². The number of methoxy groups -OCH3 is 1. The minimum Gasteiger partial charge on any atom is -0.494 e. The molecule has 162 valence electrons. The summed E-state index contributed by atoms with van der Waals surface area (Å²) in [6.07, 6.45) is 0.294. The largest absolute Gasteiger partial charge is 0.494 e. The van der Waals surface area contributed by atoms with E-state index in [1.54, 1.807) is 31.2 Å². The molecule has 0 aliphatic rings. The second kappa shape index (κ2) is 9.61. The summed E-state index contributed by atoms with van der Waals surface area (Å²) >= 11 is 0. The summed E-state index contributed by atoms with van der Waals surface area (Å²) in [7, 11) is -2.75. The normalized spacial score (nSPS) is 11.1. The zero-order valence-electron chi connectivity index (χ0n) is 17.1. The molecule has 0 saturated carbocycles. The summed E-state index contributed by atoms with van der Waals surface area (Å²) in [5, 5.41) is 0. The number of benzene rings is 3. The van der Waals surface area contributed by atoms with E-state index in [2.05, 4.69) is 0 Å². The molecule has 0 spiro atoms. The van der Waals surface area contributed by atoms with Gasteiger partial charge in [0.25, 0.3) is 5.91 Å². The summed E-state index contributed by atoms with van der Waals surface area (Å²) in [6, 6.07) is 18.7. The molecule has 0 bridgehead atoms. The number of sulfonamides is 1. The van der Waals surface area contributed by atoms with E-state index in [9.17, 15) is 17.6 Å². The molecule has 0 aromatic heterocycles. The first-order chi connectivity index (χ1) is 14.9. The average molecular weight is 443 g/mol. The van der Waals surface area contributed by atoms with Crippen molar-refractivity contribution in [2.45, 2.75) is 13.3 Å². The minimum absolute atomic E-state index is 0.0534. The van der Waals surface area contributed by atoms with Gasteiger partial charge in [-0.15, -0.1) is 0 Å². The molecule has 0 aliphatic carbocycles. The Balaban J connectivity index is 2.01. The van der Waals surface area contributed by atoms with Gasteiger partial charge in [-0.05, 0) is 48.9 Å². The first-order valence-corrected chi connectivity index (χ1v) is 11.2. The Morgan fingerprint density at radius 2 is 1.68 bits per heavy atom. The molecule has 8 heteroatoms. The molecule has 0 atom stereocenters. The van der Waals surface area contributed by atoms with E-state index in [0.29, 0.717) is 22.2 Å². The van der Waals surface area contributed by atoms with Gasteiger partial charge in [0, 0.05) is 11.6 Å². The van der Waals surface area contributed by atoms with E-state index in [4.69, 9.17) is 9.47 Å². The third-order valence-electron chi connectivity index (χ3n) is 4.35. The molecule has 0 N–H and O–H groups in total. The third-order valence-corrected chi connectivity index (χ3v) is 6.21. The van der Waals surface area contributed by atoms with Crippen molar-refractivity contribution >= 4 is 21.6 Å². The Bertz CT molecular complexity index is 1170. The highest BCUT2D eigenvalue weighted by Gasteiger charge is 2.30. The number of hydrogen-bond donors (Lipinski definition) is 0. The monoisotopic (exact) mass is 443 g/mol. The van der Waals surface area contributed by atoms with E-state index in [1.807, 2.05) is 18.2 Å². The molecule has 6 nitrogen and oxygen atoms in total. The number of hydrogen-bond acceptors (Lipinski definition) is 5. The molecule has 3 rings (SSSR count). The van der Waals surface area contributed by atoms with E-state index in [-0.39, 0.29) is 22.8 Å². The van der Waals surface area contributed by atoms with Crippen molar-refractivity contribution in [3.63, 3.8) is 0 Å². The van der Waals surface area contributed by atoms with Crippen LogP contribution in [0.2, 0.25) is 0 Å². The lowest BCUT2D eigenvalue weighted by atomic mass is 10.2. The Morgan fingerprint density at radius 1 is 0.968 bits per heavy atom. The van der Waals surface area contributed by atoms with Gasteiger partial charge >= 0.3 is 0 Å². The number of ether oxygens (including phenoxy) is 2. The predicted octanol–water partition coefficient (Wildman–Crippen LogP) is 5.01. The maximum atomic E-state index is 14.3. The molecule has 0 radical (unpaired) electrons. The Labute approximate surface area is 180 Å². The highest BCUT2D eigenvalue weighted by Crippen LogP contribution is 2.29. The van der Waals surface area contributed by atoms with Gasteiger partial charge in [-0.25, -0.2) is 17.1 Å². The van der Waals surface area contributed by atoms with Crippen molar-refractivity contribution in [1.29, 1.82) is 0 Å². The van der Waals surface area contributed by atoms with Gasteiger partial charge in [0.1, 0.15) is 11.5 Å². The summed E-state index contributed by atoms with van der Waals surface area (Å²) in [4.78, 5) is 13.3. The van der Waals surface area contributed by atoms with Crippen LogP contribution >= 0.6 is 0 Å². The number of carbonyl (C=O) groups excluding carboxylic acids is 1. The highest BCUT2D eigenvalue weighted by atomic mass is 32.2. The van der Waals surface area contributed by atoms with E-state index < -0.39 is 21.7 Å². The van der Waals surface area contributed by atoms with E-state index >= 15 is 0 Å². The summed E-state index contributed by atoms with van der Waals surface area (Å²) in [6.45, 7) is 1.68. The van der Waals surface area contributed by atoms with Crippen LogP contribution in [-0.4, -0.2) is 27.2 Å². The first kappa shape index (κ1) is 22.3. The van der Waals surface area contributed by atoms with Crippen LogP contribution in [0.4, 0.5) is 10.1 Å². The molecule has 0 aliphatic heterocycles. The van der Waals surface area contributed by atoms with Crippen molar-refractivity contribution in [1.82, 2.24) is 0 Å². The second-order valence-electron chi connectivity index (χ2n) is 6.65. The summed E-state index contributed by atoms with van der Waals surface area (Å²) < 4.78 is 51.3. The molecule has 3 aromatic carbocycles. The molecular weight excluding hydrogens is 421 g/mol. The van der Waals surface area contributed by atoms with Crippen LogP contribution in [0, 0.1) is 5.82 Å². The lowest BCUT2D eigenvalue weighted by Gasteiger charge is -2.23. The minimum atomic E-state index is -4.05. The Hall–Kier alpha value is -3.39. The first-order valence-electron chi connectivity index (χ1n) is 9.59. The summed E-state index contributed by atoms with van der Waals surface area (Å²) in [5.74, 6) is -0.970. The fourth-order valence-electron chi connectivity index (χ4n) is 2.97. The molecule has 0 fully saturated rings. The predicted molar refractivity (Wildman–Crippen MR) is 117 cm³/mol. The molecule has 0 unspecified atom stereocenters. The Morgan fingerprint density at radius 3 is 2.32 bits per heavy atom. The molecule has 31 heavy (non-hydrogen) atoms. The number of halogens is 1. The van der Waals surface area contributed by atoms with Crippen molar-refractivity contribution in [2.75, 3.05) is 17.2 Å². The number of anilines is 1. The SMILES string of the molecule is CCCS(=O)(=O)N(C(=O)c1cccc(Oc2ccccc2)c1)c1ccc(OC)c(F)c1. The number of para-hydroxylation sites is 1. The van der Waals surface area contributed by atoms with Crippen molar-refractivity contribution in [3.8, 4) is 17.2 Å². The van der Waals surface area contributed by atoms with Crippen LogP contribution in [0.1, 0.15) is 23.7 Å². The van der Waals surface area contributed by atoms with Gasteiger partial charge in [0.05, 0.1) is 18.6 Å². The smallest absolute Gasteiger partial charge is 0.272 e. The van der Waals surface area contributed by atoms with Crippen LogP contribution < -0.4 is 13.8 Å². The molecule has 1 amide bonds. The number of rotatable bonds is 8. The van der Waals surface area contributed by atoms with Crippen LogP contribution in [0.25, 0.3) is 0 Å². The number of amides is 1. The van der Waals surface area contributed by atoms with E-state index in [0.717, 1.165) is 6.07 Å². The molecule has 0 heterocycles. The highest BCUT2D eigenvalue weighted by molar-refractivity contribution is 7.93. The van der Waals surface area contributed by atoms with Gasteiger partial charge in [0.2, 0.25) is 10.0 Å². The maximum Gasteiger partial charge on any atom is 0.272 e. The third kappa shape index (κ3) is 5.21. The van der Waals surface area contributed by atoms with Gasteiger partial charge in [0.15, 0.2) is 11.6 Å². The summed E-state index contributed by atoms with van der Waals surface area (Å²) in [5.41, 5.74) is -0.0181. The quantitative estimate of drug-likeness (QED) is 0.489. The number of carbonyl (C=O) groups is 1. The zero-order chi connectivity index (χ0) is 22.4. The van der Waals surface area contributed by atoms with Gasteiger partial charge in [-0.3, -0.25) is 4.79 Å².